The number of thiol groups is 1. The minimum absolute atomic E-state index is 0.580. The quantitative estimate of drug-likeness (QED) is 0.794. The molecule has 2 heterocycles. The highest BCUT2D eigenvalue weighted by Gasteiger charge is 2.42. The smallest absolute Gasteiger partial charge is 0.0245 e. The SMILES string of the molecule is SCC1(CN2CCc3sccc3C2)CC1. The molecule has 0 unspecified atom stereocenters. The van der Waals surface area contributed by atoms with Crippen LogP contribution in [0.4, 0.5) is 0 Å². The molecule has 0 amide bonds. The van der Waals surface area contributed by atoms with Gasteiger partial charge in [-0.3, -0.25) is 4.90 Å². The lowest BCUT2D eigenvalue weighted by molar-refractivity contribution is 0.214. The largest absolute Gasteiger partial charge is 0.298 e. The number of nitrogens with zero attached hydrogens (tertiary/aromatic N) is 1. The Hall–Kier alpha value is 0.0100. The molecule has 0 bridgehead atoms. The number of hydrogen-bond acceptors (Lipinski definition) is 3. The summed E-state index contributed by atoms with van der Waals surface area (Å²) < 4.78 is 0. The maximum absolute atomic E-state index is 4.48. The van der Waals surface area contributed by atoms with Crippen LogP contribution < -0.4 is 0 Å². The van der Waals surface area contributed by atoms with E-state index in [1.54, 1.807) is 10.4 Å². The molecular formula is C12H17NS2. The predicted octanol–water partition coefficient (Wildman–Crippen LogP) is 2.82. The van der Waals surface area contributed by atoms with Gasteiger partial charge in [-0.2, -0.15) is 12.6 Å². The Morgan fingerprint density at radius 3 is 3.07 bits per heavy atom. The molecule has 3 heteroatoms. The topological polar surface area (TPSA) is 3.24 Å². The third-order valence-corrected chi connectivity index (χ3v) is 5.43. The molecule has 1 aromatic heterocycles. The molecule has 1 fully saturated rings. The third-order valence-electron chi connectivity index (χ3n) is 3.74. The molecule has 0 saturated heterocycles. The Kier molecular flexibility index (Phi) is 2.57. The van der Waals surface area contributed by atoms with Crippen LogP contribution in [0.1, 0.15) is 23.3 Å². The summed E-state index contributed by atoms with van der Waals surface area (Å²) in [7, 11) is 0. The minimum atomic E-state index is 0.580. The maximum Gasteiger partial charge on any atom is 0.0245 e. The second kappa shape index (κ2) is 3.79. The van der Waals surface area contributed by atoms with Gasteiger partial charge in [0.25, 0.3) is 0 Å². The lowest BCUT2D eigenvalue weighted by atomic mass is 10.1. The van der Waals surface area contributed by atoms with Crippen molar-refractivity contribution in [3.8, 4) is 0 Å². The van der Waals surface area contributed by atoms with Gasteiger partial charge in [0, 0.05) is 24.5 Å². The van der Waals surface area contributed by atoms with Crippen LogP contribution in [-0.4, -0.2) is 23.7 Å². The molecule has 0 N–H and O–H groups in total. The number of rotatable bonds is 3. The van der Waals surface area contributed by atoms with Crippen LogP contribution in [0.3, 0.4) is 0 Å². The molecule has 1 aliphatic heterocycles. The Balaban J connectivity index is 1.66. The first kappa shape index (κ1) is 10.2. The Morgan fingerprint density at radius 2 is 2.33 bits per heavy atom. The molecule has 1 aromatic rings. The molecule has 0 spiro atoms. The molecule has 3 rings (SSSR count). The maximum atomic E-state index is 4.48. The molecule has 0 atom stereocenters. The van der Waals surface area contributed by atoms with Gasteiger partial charge in [-0.05, 0) is 47.4 Å². The van der Waals surface area contributed by atoms with Crippen LogP contribution in [0, 0.1) is 5.41 Å². The number of hydrogen-bond donors (Lipinski definition) is 1. The summed E-state index contributed by atoms with van der Waals surface area (Å²) in [6.07, 6.45) is 4.04. The normalized spacial score (nSPS) is 23.8. The van der Waals surface area contributed by atoms with Crippen molar-refractivity contribution in [3.63, 3.8) is 0 Å². The first-order valence-electron chi connectivity index (χ1n) is 5.70. The van der Waals surface area contributed by atoms with Gasteiger partial charge in [-0.15, -0.1) is 11.3 Å². The summed E-state index contributed by atoms with van der Waals surface area (Å²) in [5.74, 6) is 1.07. The van der Waals surface area contributed by atoms with Gasteiger partial charge in [0.2, 0.25) is 0 Å². The average Bonchev–Trinajstić information content (AvgIpc) is 2.88. The monoisotopic (exact) mass is 239 g/mol. The lowest BCUT2D eigenvalue weighted by Gasteiger charge is -2.30. The first-order valence-corrected chi connectivity index (χ1v) is 7.21. The first-order chi connectivity index (χ1) is 7.31. The van der Waals surface area contributed by atoms with Crippen molar-refractivity contribution in [2.45, 2.75) is 25.8 Å². The summed E-state index contributed by atoms with van der Waals surface area (Å²) in [5.41, 5.74) is 2.15. The van der Waals surface area contributed by atoms with Crippen molar-refractivity contribution in [2.75, 3.05) is 18.8 Å². The molecular weight excluding hydrogens is 222 g/mol. The van der Waals surface area contributed by atoms with E-state index < -0.39 is 0 Å². The second-order valence-corrected chi connectivity index (χ2v) is 6.30. The highest BCUT2D eigenvalue weighted by molar-refractivity contribution is 7.80. The van der Waals surface area contributed by atoms with E-state index in [1.165, 1.54) is 38.9 Å². The fraction of sp³-hybridized carbons (Fsp3) is 0.667. The van der Waals surface area contributed by atoms with Gasteiger partial charge in [0.1, 0.15) is 0 Å². The molecule has 1 saturated carbocycles. The molecule has 15 heavy (non-hydrogen) atoms. The summed E-state index contributed by atoms with van der Waals surface area (Å²) >= 11 is 6.41. The van der Waals surface area contributed by atoms with Crippen LogP contribution in [0.15, 0.2) is 11.4 Å². The molecule has 0 aromatic carbocycles. The standard InChI is InChI=1S/C12H17NS2/c14-9-12(3-4-12)8-13-5-1-11-10(7-13)2-6-15-11/h2,6,14H,1,3-5,7-9H2. The van der Waals surface area contributed by atoms with E-state index >= 15 is 0 Å². The van der Waals surface area contributed by atoms with E-state index in [2.05, 4.69) is 29.0 Å². The highest BCUT2D eigenvalue weighted by atomic mass is 32.1. The summed E-state index contributed by atoms with van der Waals surface area (Å²) in [5, 5.41) is 2.24. The predicted molar refractivity (Wildman–Crippen MR) is 68.8 cm³/mol. The van der Waals surface area contributed by atoms with Crippen molar-refractivity contribution in [3.05, 3.63) is 21.9 Å². The van der Waals surface area contributed by atoms with Gasteiger partial charge in [-0.25, -0.2) is 0 Å². The van der Waals surface area contributed by atoms with Crippen LogP contribution in [-0.2, 0) is 13.0 Å². The molecule has 0 radical (unpaired) electrons. The second-order valence-electron chi connectivity index (χ2n) is 4.99. The molecule has 1 nitrogen and oxygen atoms in total. The van der Waals surface area contributed by atoms with Gasteiger partial charge in [0.05, 0.1) is 0 Å². The van der Waals surface area contributed by atoms with Crippen molar-refractivity contribution in [2.24, 2.45) is 5.41 Å². The van der Waals surface area contributed by atoms with Crippen molar-refractivity contribution < 1.29 is 0 Å². The van der Waals surface area contributed by atoms with E-state index in [0.29, 0.717) is 5.41 Å². The molecule has 1 aliphatic carbocycles. The Labute approximate surface area is 101 Å². The van der Waals surface area contributed by atoms with Crippen LogP contribution >= 0.6 is 24.0 Å². The van der Waals surface area contributed by atoms with Gasteiger partial charge in [0.15, 0.2) is 0 Å². The Morgan fingerprint density at radius 1 is 1.47 bits per heavy atom. The summed E-state index contributed by atoms with van der Waals surface area (Å²) in [6.45, 7) is 3.70. The van der Waals surface area contributed by atoms with Crippen LogP contribution in [0.2, 0.25) is 0 Å². The number of fused-ring (bicyclic) bond motifs is 1. The van der Waals surface area contributed by atoms with Crippen LogP contribution in [0.5, 0.6) is 0 Å². The van der Waals surface area contributed by atoms with Gasteiger partial charge >= 0.3 is 0 Å². The summed E-state index contributed by atoms with van der Waals surface area (Å²) in [6, 6.07) is 2.30. The zero-order valence-corrected chi connectivity index (χ0v) is 10.6. The van der Waals surface area contributed by atoms with E-state index in [-0.39, 0.29) is 0 Å². The van der Waals surface area contributed by atoms with Gasteiger partial charge in [-0.1, -0.05) is 0 Å². The van der Waals surface area contributed by atoms with Crippen molar-refractivity contribution in [1.82, 2.24) is 4.90 Å². The minimum Gasteiger partial charge on any atom is -0.298 e. The lowest BCUT2D eigenvalue weighted by Crippen LogP contribution is -2.35. The van der Waals surface area contributed by atoms with E-state index in [4.69, 9.17) is 0 Å². The van der Waals surface area contributed by atoms with Crippen molar-refractivity contribution in [1.29, 1.82) is 0 Å². The summed E-state index contributed by atoms with van der Waals surface area (Å²) in [4.78, 5) is 4.24. The number of thiophene rings is 1. The van der Waals surface area contributed by atoms with E-state index in [0.717, 1.165) is 5.75 Å². The third kappa shape index (κ3) is 1.97. The van der Waals surface area contributed by atoms with E-state index in [9.17, 15) is 0 Å². The van der Waals surface area contributed by atoms with Crippen LogP contribution in [0.25, 0.3) is 0 Å². The highest BCUT2D eigenvalue weighted by Crippen LogP contribution is 2.47. The average molecular weight is 239 g/mol. The fourth-order valence-corrected chi connectivity index (χ4v) is 3.77. The zero-order chi connectivity index (χ0) is 10.3. The Bertz CT molecular complexity index is 354. The fourth-order valence-electron chi connectivity index (χ4n) is 2.46. The molecule has 82 valence electrons. The van der Waals surface area contributed by atoms with E-state index in [1.807, 2.05) is 11.3 Å². The van der Waals surface area contributed by atoms with Gasteiger partial charge < -0.3 is 0 Å². The van der Waals surface area contributed by atoms with Crippen molar-refractivity contribution >= 4 is 24.0 Å². The zero-order valence-electron chi connectivity index (χ0n) is 8.91. The molecule has 2 aliphatic rings.